The molecular formula is C12H17ClFNO2. The van der Waals surface area contributed by atoms with Crippen LogP contribution in [0.5, 0.6) is 0 Å². The second kappa shape index (κ2) is 6.91. The monoisotopic (exact) mass is 261 g/mol. The third kappa shape index (κ3) is 5.00. The Kier molecular flexibility index (Phi) is 5.85. The second-order valence-electron chi connectivity index (χ2n) is 4.05. The number of ether oxygens (including phenoxy) is 1. The Hall–Kier alpha value is -0.680. The predicted octanol–water partition coefficient (Wildman–Crippen LogP) is 1.92. The molecule has 0 aromatic heterocycles. The van der Waals surface area contributed by atoms with Crippen molar-refractivity contribution < 1.29 is 14.2 Å². The smallest absolute Gasteiger partial charge is 0.141 e. The van der Waals surface area contributed by atoms with Gasteiger partial charge in [0.05, 0.1) is 17.7 Å². The van der Waals surface area contributed by atoms with Crippen molar-refractivity contribution in [3.05, 3.63) is 34.6 Å². The summed E-state index contributed by atoms with van der Waals surface area (Å²) in [4.78, 5) is 1.92. The first-order chi connectivity index (χ1) is 8.02. The predicted molar refractivity (Wildman–Crippen MR) is 65.6 cm³/mol. The fourth-order valence-electron chi connectivity index (χ4n) is 1.62. The van der Waals surface area contributed by atoms with Crippen LogP contribution in [0.3, 0.4) is 0 Å². The first kappa shape index (κ1) is 14.4. The molecule has 0 fully saturated rings. The molecule has 1 unspecified atom stereocenters. The molecule has 0 bridgehead atoms. The van der Waals surface area contributed by atoms with Crippen molar-refractivity contribution in [1.29, 1.82) is 0 Å². The molecule has 0 spiro atoms. The first-order valence-corrected chi connectivity index (χ1v) is 5.70. The molecule has 1 aromatic carbocycles. The topological polar surface area (TPSA) is 32.7 Å². The molecule has 0 aliphatic heterocycles. The summed E-state index contributed by atoms with van der Waals surface area (Å²) in [7, 11) is 3.42. The number of rotatable bonds is 6. The highest BCUT2D eigenvalue weighted by molar-refractivity contribution is 6.30. The SMILES string of the molecule is COCC(O)CN(C)Cc1ccc(F)c(Cl)c1. The van der Waals surface area contributed by atoms with E-state index in [-0.39, 0.29) is 5.02 Å². The number of methoxy groups -OCH3 is 1. The van der Waals surface area contributed by atoms with E-state index < -0.39 is 11.9 Å². The van der Waals surface area contributed by atoms with Crippen LogP contribution in [-0.2, 0) is 11.3 Å². The maximum absolute atomic E-state index is 12.9. The van der Waals surface area contributed by atoms with Crippen LogP contribution in [0.1, 0.15) is 5.56 Å². The second-order valence-corrected chi connectivity index (χ2v) is 4.46. The van der Waals surface area contributed by atoms with Crippen LogP contribution in [0.25, 0.3) is 0 Å². The van der Waals surface area contributed by atoms with Crippen molar-refractivity contribution in [2.45, 2.75) is 12.6 Å². The number of hydrogen-bond donors (Lipinski definition) is 1. The molecule has 5 heteroatoms. The number of likely N-dealkylation sites (N-methyl/N-ethyl adjacent to an activating group) is 1. The lowest BCUT2D eigenvalue weighted by Crippen LogP contribution is -2.31. The van der Waals surface area contributed by atoms with Crippen molar-refractivity contribution in [3.63, 3.8) is 0 Å². The molecule has 0 heterocycles. The van der Waals surface area contributed by atoms with E-state index in [2.05, 4.69) is 0 Å². The summed E-state index contributed by atoms with van der Waals surface area (Å²) < 4.78 is 17.8. The number of benzene rings is 1. The van der Waals surface area contributed by atoms with Crippen molar-refractivity contribution >= 4 is 11.6 Å². The minimum absolute atomic E-state index is 0.119. The zero-order chi connectivity index (χ0) is 12.8. The molecule has 3 nitrogen and oxygen atoms in total. The van der Waals surface area contributed by atoms with Crippen LogP contribution < -0.4 is 0 Å². The molecule has 0 saturated heterocycles. The summed E-state index contributed by atoms with van der Waals surface area (Å²) in [6.07, 6.45) is -0.527. The third-order valence-electron chi connectivity index (χ3n) is 2.32. The summed E-state index contributed by atoms with van der Waals surface area (Å²) in [5.74, 6) is -0.419. The van der Waals surface area contributed by atoms with Crippen LogP contribution in [0, 0.1) is 5.82 Å². The molecule has 96 valence electrons. The quantitative estimate of drug-likeness (QED) is 0.849. The lowest BCUT2D eigenvalue weighted by atomic mass is 10.2. The van der Waals surface area contributed by atoms with Gasteiger partial charge in [0.1, 0.15) is 5.82 Å². The van der Waals surface area contributed by atoms with Crippen LogP contribution in [0.4, 0.5) is 4.39 Å². The van der Waals surface area contributed by atoms with Gasteiger partial charge in [0.15, 0.2) is 0 Å². The van der Waals surface area contributed by atoms with Gasteiger partial charge in [-0.05, 0) is 24.7 Å². The van der Waals surface area contributed by atoms with Gasteiger partial charge in [-0.2, -0.15) is 0 Å². The largest absolute Gasteiger partial charge is 0.389 e. The summed E-state index contributed by atoms with van der Waals surface area (Å²) in [5, 5.41) is 9.66. The molecule has 0 radical (unpaired) electrons. The van der Waals surface area contributed by atoms with Gasteiger partial charge in [-0.15, -0.1) is 0 Å². The number of nitrogens with zero attached hydrogens (tertiary/aromatic N) is 1. The van der Waals surface area contributed by atoms with Crippen LogP contribution in [-0.4, -0.2) is 43.4 Å². The van der Waals surface area contributed by atoms with E-state index in [1.807, 2.05) is 11.9 Å². The van der Waals surface area contributed by atoms with Crippen LogP contribution in [0.15, 0.2) is 18.2 Å². The molecule has 1 aromatic rings. The molecule has 0 amide bonds. The Labute approximate surface area is 106 Å². The van der Waals surface area contributed by atoms with Gasteiger partial charge in [-0.25, -0.2) is 4.39 Å². The summed E-state index contributed by atoms with van der Waals surface area (Å²) >= 11 is 5.69. The Morgan fingerprint density at radius 1 is 1.53 bits per heavy atom. The Bertz CT molecular complexity index is 362. The third-order valence-corrected chi connectivity index (χ3v) is 2.61. The lowest BCUT2D eigenvalue weighted by Gasteiger charge is -2.20. The van der Waals surface area contributed by atoms with E-state index in [1.54, 1.807) is 19.2 Å². The molecule has 1 N–H and O–H groups in total. The highest BCUT2D eigenvalue weighted by Gasteiger charge is 2.09. The fourth-order valence-corrected chi connectivity index (χ4v) is 1.82. The Balaban J connectivity index is 2.50. The standard InChI is InChI=1S/C12H17ClFNO2/c1-15(7-10(16)8-17-2)6-9-3-4-12(14)11(13)5-9/h3-5,10,16H,6-8H2,1-2H3. The minimum Gasteiger partial charge on any atom is -0.389 e. The van der Waals surface area contributed by atoms with Crippen LogP contribution in [0.2, 0.25) is 5.02 Å². The van der Waals surface area contributed by atoms with Gasteiger partial charge in [-0.1, -0.05) is 17.7 Å². The average Bonchev–Trinajstić information content (AvgIpc) is 2.23. The van der Waals surface area contributed by atoms with E-state index in [1.165, 1.54) is 6.07 Å². The average molecular weight is 262 g/mol. The molecule has 1 atom stereocenters. The number of hydrogen-bond acceptors (Lipinski definition) is 3. The van der Waals surface area contributed by atoms with Crippen molar-refractivity contribution in [3.8, 4) is 0 Å². The van der Waals surface area contributed by atoms with E-state index in [0.717, 1.165) is 5.56 Å². The van der Waals surface area contributed by atoms with Gasteiger partial charge in [0, 0.05) is 20.2 Å². The Morgan fingerprint density at radius 3 is 2.82 bits per heavy atom. The van der Waals surface area contributed by atoms with Gasteiger partial charge in [0.2, 0.25) is 0 Å². The summed E-state index contributed by atoms with van der Waals surface area (Å²) in [5.41, 5.74) is 0.906. The molecule has 1 rings (SSSR count). The molecule has 0 aliphatic rings. The number of aliphatic hydroxyl groups excluding tert-OH is 1. The molecule has 17 heavy (non-hydrogen) atoms. The summed E-state index contributed by atoms with van der Waals surface area (Å²) in [6, 6.07) is 4.62. The number of halogens is 2. The maximum Gasteiger partial charge on any atom is 0.141 e. The van der Waals surface area contributed by atoms with E-state index in [4.69, 9.17) is 16.3 Å². The van der Waals surface area contributed by atoms with Crippen molar-refractivity contribution in [1.82, 2.24) is 4.90 Å². The van der Waals surface area contributed by atoms with E-state index in [0.29, 0.717) is 19.7 Å². The van der Waals surface area contributed by atoms with E-state index >= 15 is 0 Å². The molecule has 0 saturated carbocycles. The zero-order valence-electron chi connectivity index (χ0n) is 9.99. The zero-order valence-corrected chi connectivity index (χ0v) is 10.7. The highest BCUT2D eigenvalue weighted by Crippen LogP contribution is 2.16. The fraction of sp³-hybridized carbons (Fsp3) is 0.500. The van der Waals surface area contributed by atoms with Gasteiger partial charge < -0.3 is 9.84 Å². The molecular weight excluding hydrogens is 245 g/mol. The first-order valence-electron chi connectivity index (χ1n) is 5.32. The Morgan fingerprint density at radius 2 is 2.24 bits per heavy atom. The number of aliphatic hydroxyl groups is 1. The lowest BCUT2D eigenvalue weighted by molar-refractivity contribution is 0.0419. The van der Waals surface area contributed by atoms with Crippen LogP contribution >= 0.6 is 11.6 Å². The normalized spacial score (nSPS) is 13.1. The highest BCUT2D eigenvalue weighted by atomic mass is 35.5. The van der Waals surface area contributed by atoms with Gasteiger partial charge >= 0.3 is 0 Å². The maximum atomic E-state index is 12.9. The van der Waals surface area contributed by atoms with E-state index in [9.17, 15) is 9.50 Å². The minimum atomic E-state index is -0.527. The van der Waals surface area contributed by atoms with Gasteiger partial charge in [-0.3, -0.25) is 4.90 Å². The van der Waals surface area contributed by atoms with Gasteiger partial charge in [0.25, 0.3) is 0 Å². The van der Waals surface area contributed by atoms with Crippen molar-refractivity contribution in [2.24, 2.45) is 0 Å². The summed E-state index contributed by atoms with van der Waals surface area (Å²) in [6.45, 7) is 1.39. The molecule has 0 aliphatic carbocycles. The van der Waals surface area contributed by atoms with Crippen molar-refractivity contribution in [2.75, 3.05) is 27.3 Å².